The number of benzene rings is 3. The predicted molar refractivity (Wildman–Crippen MR) is 125 cm³/mol. The van der Waals surface area contributed by atoms with Crippen molar-refractivity contribution in [3.8, 4) is 0 Å². The molecule has 0 heterocycles. The number of carbonyl (C=O) groups is 3. The van der Waals surface area contributed by atoms with E-state index in [0.29, 0.717) is 18.5 Å². The van der Waals surface area contributed by atoms with Crippen molar-refractivity contribution in [1.29, 1.82) is 0 Å². The van der Waals surface area contributed by atoms with Crippen LogP contribution in [0.3, 0.4) is 0 Å². The molecule has 6 nitrogen and oxygen atoms in total. The van der Waals surface area contributed by atoms with E-state index in [1.54, 1.807) is 29.2 Å². The van der Waals surface area contributed by atoms with Crippen LogP contribution in [0, 0.1) is 0 Å². The lowest BCUT2D eigenvalue weighted by Crippen LogP contribution is -2.52. The maximum atomic E-state index is 13.4. The fourth-order valence-corrected chi connectivity index (χ4v) is 3.41. The van der Waals surface area contributed by atoms with Gasteiger partial charge in [0.2, 0.25) is 11.8 Å². The van der Waals surface area contributed by atoms with Crippen molar-refractivity contribution in [3.05, 3.63) is 102 Å². The monoisotopic (exact) mass is 429 g/mol. The molecule has 0 radical (unpaired) electrons. The van der Waals surface area contributed by atoms with Crippen molar-refractivity contribution in [1.82, 2.24) is 10.6 Å². The number of likely N-dealkylation sites (N-methyl/N-ethyl adjacent to an activating group) is 1. The second kappa shape index (κ2) is 11.5. The molecule has 0 aliphatic carbocycles. The van der Waals surface area contributed by atoms with Crippen LogP contribution in [-0.2, 0) is 16.0 Å². The molecule has 32 heavy (non-hydrogen) atoms. The molecule has 3 aromatic rings. The standard InChI is InChI=1S/C26H27N3O3/c1-2-29(22-16-10-5-11-17-22)26(32)23(18-20-12-6-3-7-13-20)28-24(30)19-27-25(31)21-14-8-4-9-15-21/h3-17,23H,2,18-19H2,1H3,(H,27,31)(H,28,30)/t23-/m0/s1. The van der Waals surface area contributed by atoms with Crippen LogP contribution in [-0.4, -0.2) is 36.9 Å². The van der Waals surface area contributed by atoms with E-state index in [-0.39, 0.29) is 18.4 Å². The highest BCUT2D eigenvalue weighted by atomic mass is 16.2. The van der Waals surface area contributed by atoms with Crippen molar-refractivity contribution in [2.75, 3.05) is 18.0 Å². The van der Waals surface area contributed by atoms with Gasteiger partial charge in [-0.2, -0.15) is 0 Å². The number of nitrogens with zero attached hydrogens (tertiary/aromatic N) is 1. The molecule has 3 rings (SSSR count). The van der Waals surface area contributed by atoms with Crippen molar-refractivity contribution in [2.24, 2.45) is 0 Å². The van der Waals surface area contributed by atoms with Crippen molar-refractivity contribution in [3.63, 3.8) is 0 Å². The van der Waals surface area contributed by atoms with E-state index in [9.17, 15) is 14.4 Å². The zero-order valence-electron chi connectivity index (χ0n) is 18.0. The number of hydrogen-bond acceptors (Lipinski definition) is 3. The van der Waals surface area contributed by atoms with Gasteiger partial charge in [-0.3, -0.25) is 14.4 Å². The highest BCUT2D eigenvalue weighted by Crippen LogP contribution is 2.16. The molecule has 0 aromatic heterocycles. The highest BCUT2D eigenvalue weighted by molar-refractivity contribution is 6.00. The van der Waals surface area contributed by atoms with Crippen LogP contribution in [0.1, 0.15) is 22.8 Å². The normalized spacial score (nSPS) is 11.3. The molecule has 0 aliphatic rings. The zero-order chi connectivity index (χ0) is 22.8. The minimum atomic E-state index is -0.765. The van der Waals surface area contributed by atoms with Gasteiger partial charge in [0, 0.05) is 24.2 Å². The molecule has 3 amide bonds. The molecule has 2 N–H and O–H groups in total. The first-order chi connectivity index (χ1) is 15.6. The fourth-order valence-electron chi connectivity index (χ4n) is 3.41. The lowest BCUT2D eigenvalue weighted by Gasteiger charge is -2.27. The van der Waals surface area contributed by atoms with Gasteiger partial charge < -0.3 is 15.5 Å². The first-order valence-electron chi connectivity index (χ1n) is 10.6. The maximum Gasteiger partial charge on any atom is 0.251 e. The Hall–Kier alpha value is -3.93. The minimum absolute atomic E-state index is 0.203. The summed E-state index contributed by atoms with van der Waals surface area (Å²) >= 11 is 0. The molecule has 1 atom stereocenters. The third-order valence-corrected chi connectivity index (χ3v) is 5.01. The van der Waals surface area contributed by atoms with Gasteiger partial charge in [-0.1, -0.05) is 66.7 Å². The van der Waals surface area contributed by atoms with Gasteiger partial charge in [-0.05, 0) is 36.8 Å². The Labute approximate surface area is 188 Å². The molecule has 164 valence electrons. The Kier molecular flexibility index (Phi) is 8.15. The summed E-state index contributed by atoms with van der Waals surface area (Å²) in [6.07, 6.45) is 0.349. The quantitative estimate of drug-likeness (QED) is 0.548. The third-order valence-electron chi connectivity index (χ3n) is 5.01. The summed E-state index contributed by atoms with van der Waals surface area (Å²) in [5.41, 5.74) is 2.17. The smallest absolute Gasteiger partial charge is 0.251 e. The molecule has 0 saturated carbocycles. The van der Waals surface area contributed by atoms with Gasteiger partial charge in [0.15, 0.2) is 0 Å². The number of carbonyl (C=O) groups excluding carboxylic acids is 3. The predicted octanol–water partition coefficient (Wildman–Crippen LogP) is 3.20. The van der Waals surface area contributed by atoms with Gasteiger partial charge >= 0.3 is 0 Å². The van der Waals surface area contributed by atoms with E-state index in [0.717, 1.165) is 11.3 Å². The number of anilines is 1. The van der Waals surface area contributed by atoms with Gasteiger partial charge in [-0.25, -0.2) is 0 Å². The SMILES string of the molecule is CCN(C(=O)[C@H](Cc1ccccc1)NC(=O)CNC(=O)c1ccccc1)c1ccccc1. The Bertz CT molecular complexity index is 1020. The Morgan fingerprint density at radius 1 is 0.812 bits per heavy atom. The van der Waals surface area contributed by atoms with Crippen molar-refractivity contribution in [2.45, 2.75) is 19.4 Å². The van der Waals surface area contributed by atoms with E-state index < -0.39 is 11.9 Å². The first kappa shape index (κ1) is 22.7. The summed E-state index contributed by atoms with van der Waals surface area (Å²) in [5.74, 6) is -0.968. The molecular weight excluding hydrogens is 402 g/mol. The maximum absolute atomic E-state index is 13.4. The summed E-state index contributed by atoms with van der Waals surface area (Å²) in [7, 11) is 0. The lowest BCUT2D eigenvalue weighted by molar-refractivity contribution is -0.127. The summed E-state index contributed by atoms with van der Waals surface area (Å²) in [6.45, 7) is 2.14. The molecule has 6 heteroatoms. The Morgan fingerprint density at radius 3 is 1.97 bits per heavy atom. The van der Waals surface area contributed by atoms with Crippen LogP contribution in [0.25, 0.3) is 0 Å². The molecule has 0 unspecified atom stereocenters. The van der Waals surface area contributed by atoms with Crippen LogP contribution in [0.5, 0.6) is 0 Å². The summed E-state index contributed by atoms with van der Waals surface area (Å²) in [6, 6.07) is 26.8. The van der Waals surface area contributed by atoms with E-state index in [4.69, 9.17) is 0 Å². The van der Waals surface area contributed by atoms with Gasteiger partial charge in [0.25, 0.3) is 5.91 Å². The summed E-state index contributed by atoms with van der Waals surface area (Å²) < 4.78 is 0. The zero-order valence-corrected chi connectivity index (χ0v) is 18.0. The third kappa shape index (κ3) is 6.28. The summed E-state index contributed by atoms with van der Waals surface area (Å²) in [5, 5.41) is 5.42. The highest BCUT2D eigenvalue weighted by Gasteiger charge is 2.26. The Morgan fingerprint density at radius 2 is 1.38 bits per heavy atom. The molecule has 0 aliphatic heterocycles. The average molecular weight is 430 g/mol. The molecule has 0 bridgehead atoms. The molecular formula is C26H27N3O3. The van der Waals surface area contributed by atoms with Crippen LogP contribution in [0.2, 0.25) is 0 Å². The average Bonchev–Trinajstić information content (AvgIpc) is 2.84. The number of hydrogen-bond donors (Lipinski definition) is 2. The fraction of sp³-hybridized carbons (Fsp3) is 0.192. The minimum Gasteiger partial charge on any atom is -0.343 e. The van der Waals surface area contributed by atoms with Crippen LogP contribution >= 0.6 is 0 Å². The number of para-hydroxylation sites is 1. The van der Waals surface area contributed by atoms with E-state index >= 15 is 0 Å². The van der Waals surface area contributed by atoms with Crippen molar-refractivity contribution < 1.29 is 14.4 Å². The first-order valence-corrected chi connectivity index (χ1v) is 10.6. The second-order valence-electron chi connectivity index (χ2n) is 7.28. The van der Waals surface area contributed by atoms with Gasteiger partial charge in [0.1, 0.15) is 6.04 Å². The topological polar surface area (TPSA) is 78.5 Å². The van der Waals surface area contributed by atoms with Crippen molar-refractivity contribution >= 4 is 23.4 Å². The number of nitrogens with one attached hydrogen (secondary N) is 2. The molecule has 3 aromatic carbocycles. The van der Waals surface area contributed by atoms with Crippen LogP contribution in [0.4, 0.5) is 5.69 Å². The molecule has 0 fully saturated rings. The summed E-state index contributed by atoms with van der Waals surface area (Å²) in [4.78, 5) is 39.9. The number of amides is 3. The Balaban J connectivity index is 1.71. The van der Waals surface area contributed by atoms with Gasteiger partial charge in [0.05, 0.1) is 6.54 Å². The largest absolute Gasteiger partial charge is 0.343 e. The molecule has 0 saturated heterocycles. The van der Waals surface area contributed by atoms with E-state index in [1.807, 2.05) is 73.7 Å². The van der Waals surface area contributed by atoms with Crippen LogP contribution in [0.15, 0.2) is 91.0 Å². The van der Waals surface area contributed by atoms with Gasteiger partial charge in [-0.15, -0.1) is 0 Å². The number of rotatable bonds is 9. The van der Waals surface area contributed by atoms with Crippen LogP contribution < -0.4 is 15.5 Å². The molecule has 0 spiro atoms. The van der Waals surface area contributed by atoms with E-state index in [1.165, 1.54) is 0 Å². The lowest BCUT2D eigenvalue weighted by atomic mass is 10.0. The second-order valence-corrected chi connectivity index (χ2v) is 7.28. The van der Waals surface area contributed by atoms with E-state index in [2.05, 4.69) is 10.6 Å².